The number of nitrogens with one attached hydrogen (secondary N) is 2. The van der Waals surface area contributed by atoms with E-state index in [1.165, 1.54) is 36.5 Å². The van der Waals surface area contributed by atoms with E-state index in [4.69, 9.17) is 11.6 Å². The molecular weight excluding hydrogens is 489 g/mol. The fourth-order valence-electron chi connectivity index (χ4n) is 3.74. The minimum Gasteiger partial charge on any atom is -0.370 e. The van der Waals surface area contributed by atoms with Crippen LogP contribution in [0.2, 0.25) is 0 Å². The van der Waals surface area contributed by atoms with Crippen molar-refractivity contribution in [2.24, 2.45) is 10.9 Å². The Bertz CT molecular complexity index is 1070. The first kappa shape index (κ1) is 29.8. The van der Waals surface area contributed by atoms with Gasteiger partial charge in [0.1, 0.15) is 5.83 Å². The van der Waals surface area contributed by atoms with Crippen molar-refractivity contribution < 1.29 is 9.18 Å². The van der Waals surface area contributed by atoms with E-state index in [9.17, 15) is 9.18 Å². The molecule has 1 fully saturated rings. The second-order valence-electron chi connectivity index (χ2n) is 8.55. The number of halogens is 2. The van der Waals surface area contributed by atoms with Crippen molar-refractivity contribution in [3.05, 3.63) is 102 Å². The molecule has 0 spiro atoms. The monoisotopic (exact) mass is 525 g/mol. The average molecular weight is 526 g/mol. The van der Waals surface area contributed by atoms with Gasteiger partial charge in [-0.3, -0.25) is 14.8 Å². The number of carbonyl (C=O) groups is 1. The Hall–Kier alpha value is -3.45. The third kappa shape index (κ3) is 10.6. The van der Waals surface area contributed by atoms with Crippen LogP contribution in [-0.4, -0.2) is 48.7 Å². The summed E-state index contributed by atoms with van der Waals surface area (Å²) < 4.78 is 14.3. The number of amides is 1. The highest BCUT2D eigenvalue weighted by Crippen LogP contribution is 2.17. The maximum Gasteiger partial charge on any atom is 0.251 e. The van der Waals surface area contributed by atoms with E-state index >= 15 is 0 Å². The first-order valence-electron chi connectivity index (χ1n) is 12.5. The summed E-state index contributed by atoms with van der Waals surface area (Å²) in [5, 5.41) is 5.44. The van der Waals surface area contributed by atoms with Gasteiger partial charge in [-0.05, 0) is 49.5 Å². The summed E-state index contributed by atoms with van der Waals surface area (Å²) in [6.07, 6.45) is 19.4. The van der Waals surface area contributed by atoms with E-state index in [0.29, 0.717) is 11.5 Å². The smallest absolute Gasteiger partial charge is 0.251 e. The number of carbonyl (C=O) groups excluding carboxylic acids is 1. The molecule has 0 aliphatic carbocycles. The molecule has 0 saturated carbocycles. The molecule has 2 heterocycles. The summed E-state index contributed by atoms with van der Waals surface area (Å²) in [4.78, 5) is 23.7. The maximum atomic E-state index is 14.3. The number of hydrogen-bond acceptors (Lipinski definition) is 5. The summed E-state index contributed by atoms with van der Waals surface area (Å²) >= 11 is 5.40. The van der Waals surface area contributed by atoms with Crippen molar-refractivity contribution in [2.75, 3.05) is 26.7 Å². The van der Waals surface area contributed by atoms with E-state index in [0.717, 1.165) is 43.7 Å². The van der Waals surface area contributed by atoms with E-state index < -0.39 is 5.83 Å². The maximum absolute atomic E-state index is 14.3. The molecule has 6 nitrogen and oxygen atoms in total. The van der Waals surface area contributed by atoms with Gasteiger partial charge in [-0.25, -0.2) is 4.39 Å². The van der Waals surface area contributed by atoms with Gasteiger partial charge in [0.2, 0.25) is 0 Å². The molecule has 1 saturated heterocycles. The van der Waals surface area contributed by atoms with Crippen LogP contribution < -0.4 is 10.6 Å². The predicted molar refractivity (Wildman–Crippen MR) is 152 cm³/mol. The highest BCUT2D eigenvalue weighted by molar-refractivity contribution is 6.25. The fraction of sp³-hybridized carbons (Fsp3) is 0.345. The Morgan fingerprint density at radius 2 is 2.19 bits per heavy atom. The SMILES string of the molecule is C=C/C(CNC(=O)c1ccnc(CC(/C=C/C=C(\C=N/C)N2CCC2)CCC)c1)=C(F)\C=C\N/C=C/Cl. The van der Waals surface area contributed by atoms with Gasteiger partial charge in [0.25, 0.3) is 5.91 Å². The van der Waals surface area contributed by atoms with Crippen LogP contribution in [0.5, 0.6) is 0 Å². The molecule has 2 N–H and O–H groups in total. The molecule has 1 aliphatic rings. The van der Waals surface area contributed by atoms with Gasteiger partial charge < -0.3 is 15.5 Å². The molecule has 2 rings (SSSR count). The number of aliphatic imine (C=N–C) groups is 1. The second-order valence-corrected chi connectivity index (χ2v) is 8.80. The number of likely N-dealkylation sites (tertiary alicyclic amines) is 1. The lowest BCUT2D eigenvalue weighted by Crippen LogP contribution is -2.36. The first-order chi connectivity index (χ1) is 18.0. The Morgan fingerprint density at radius 1 is 1.38 bits per heavy atom. The first-order valence-corrected chi connectivity index (χ1v) is 12.9. The Kier molecular flexibility index (Phi) is 13.7. The molecule has 1 aromatic heterocycles. The van der Waals surface area contributed by atoms with E-state index in [1.54, 1.807) is 25.4 Å². The Balaban J connectivity index is 2.04. The van der Waals surface area contributed by atoms with Crippen molar-refractivity contribution >= 4 is 23.7 Å². The number of aromatic nitrogens is 1. The molecule has 1 unspecified atom stereocenters. The van der Waals surface area contributed by atoms with Crippen molar-refractivity contribution in [3.63, 3.8) is 0 Å². The molecule has 0 bridgehead atoms. The van der Waals surface area contributed by atoms with Gasteiger partial charge in [0.05, 0.1) is 5.70 Å². The Labute approximate surface area is 225 Å². The highest BCUT2D eigenvalue weighted by atomic mass is 35.5. The standard InChI is InChI=1S/C29H37ClFN5O/c1-4-8-23(9-6-10-27(22-32-3)36-17-7-18-36)19-26-20-25(11-15-34-26)29(37)35-21-24(5-2)28(31)12-14-33-16-13-30/h5-6,9-16,20,22-23,33H,2,4,7-8,17-19,21H2,1,3H3,(H,35,37)/b9-6+,14-12+,16-13+,27-10+,28-24-,32-22-. The van der Waals surface area contributed by atoms with Gasteiger partial charge in [-0.15, -0.1) is 0 Å². The van der Waals surface area contributed by atoms with Crippen LogP contribution in [0.25, 0.3) is 0 Å². The minimum atomic E-state index is -0.507. The lowest BCUT2D eigenvalue weighted by Gasteiger charge is -2.33. The molecule has 198 valence electrons. The van der Waals surface area contributed by atoms with Crippen LogP contribution in [0.4, 0.5) is 4.39 Å². The zero-order valence-electron chi connectivity index (χ0n) is 21.7. The van der Waals surface area contributed by atoms with Crippen molar-refractivity contribution in [1.82, 2.24) is 20.5 Å². The number of nitrogens with zero attached hydrogens (tertiary/aromatic N) is 3. The van der Waals surface area contributed by atoms with Gasteiger partial charge >= 0.3 is 0 Å². The lowest BCUT2D eigenvalue weighted by molar-refractivity contribution is 0.0957. The average Bonchev–Trinajstić information content (AvgIpc) is 2.86. The van der Waals surface area contributed by atoms with Crippen LogP contribution in [0, 0.1) is 5.92 Å². The summed E-state index contributed by atoms with van der Waals surface area (Å²) in [5.41, 5.74) is 3.98. The minimum absolute atomic E-state index is 0.00938. The van der Waals surface area contributed by atoms with Crippen LogP contribution >= 0.6 is 11.6 Å². The molecule has 1 atom stereocenters. The number of allylic oxidation sites excluding steroid dienone is 6. The molecule has 1 amide bonds. The number of pyridine rings is 1. The normalized spacial score (nSPS) is 15.9. The molecule has 8 heteroatoms. The molecule has 37 heavy (non-hydrogen) atoms. The zero-order valence-corrected chi connectivity index (χ0v) is 22.4. The Morgan fingerprint density at radius 3 is 2.84 bits per heavy atom. The lowest BCUT2D eigenvalue weighted by atomic mass is 9.96. The quantitative estimate of drug-likeness (QED) is 0.223. The highest BCUT2D eigenvalue weighted by Gasteiger charge is 2.15. The molecular formula is C29H37ClFN5O. The van der Waals surface area contributed by atoms with Crippen LogP contribution in [0.15, 0.2) is 95.3 Å². The molecule has 0 radical (unpaired) electrons. The van der Waals surface area contributed by atoms with Gasteiger partial charge in [-0.2, -0.15) is 0 Å². The number of rotatable bonds is 15. The zero-order chi connectivity index (χ0) is 26.9. The van der Waals surface area contributed by atoms with Crippen LogP contribution in [-0.2, 0) is 6.42 Å². The topological polar surface area (TPSA) is 69.6 Å². The van der Waals surface area contributed by atoms with Crippen LogP contribution in [0.1, 0.15) is 42.2 Å². The molecule has 1 aliphatic heterocycles. The predicted octanol–water partition coefficient (Wildman–Crippen LogP) is 5.84. The van der Waals surface area contributed by atoms with Gasteiger partial charge in [-0.1, -0.05) is 49.8 Å². The van der Waals surface area contributed by atoms with Crippen molar-refractivity contribution in [1.29, 1.82) is 0 Å². The van der Waals surface area contributed by atoms with Crippen molar-refractivity contribution in [3.8, 4) is 0 Å². The number of hydrogen-bond donors (Lipinski definition) is 2. The second kappa shape index (κ2) is 17.1. The summed E-state index contributed by atoms with van der Waals surface area (Å²) in [6, 6.07) is 3.46. The van der Waals surface area contributed by atoms with E-state index in [1.807, 2.05) is 6.21 Å². The molecule has 0 aromatic carbocycles. The van der Waals surface area contributed by atoms with Crippen LogP contribution in [0.3, 0.4) is 0 Å². The van der Waals surface area contributed by atoms with Gasteiger partial charge in [0, 0.05) is 73.9 Å². The third-order valence-corrected chi connectivity index (χ3v) is 5.95. The largest absolute Gasteiger partial charge is 0.370 e. The summed E-state index contributed by atoms with van der Waals surface area (Å²) in [5.74, 6) is -0.514. The fourth-order valence-corrected chi connectivity index (χ4v) is 3.81. The molecule has 1 aromatic rings. The summed E-state index contributed by atoms with van der Waals surface area (Å²) in [7, 11) is 1.79. The summed E-state index contributed by atoms with van der Waals surface area (Å²) in [6.45, 7) is 7.94. The van der Waals surface area contributed by atoms with E-state index in [-0.39, 0.29) is 18.0 Å². The van der Waals surface area contributed by atoms with Crippen molar-refractivity contribution in [2.45, 2.75) is 32.6 Å². The van der Waals surface area contributed by atoms with Gasteiger partial charge in [0.15, 0.2) is 0 Å². The van der Waals surface area contributed by atoms with E-state index in [2.05, 4.69) is 57.2 Å². The third-order valence-electron chi connectivity index (χ3n) is 5.82.